The van der Waals surface area contributed by atoms with Crippen molar-refractivity contribution in [3.63, 3.8) is 0 Å². The van der Waals surface area contributed by atoms with E-state index in [4.69, 9.17) is 4.74 Å². The molecule has 4 atom stereocenters. The van der Waals surface area contributed by atoms with E-state index in [-0.39, 0.29) is 17.9 Å². The quantitative estimate of drug-likeness (QED) is 0.477. The predicted octanol–water partition coefficient (Wildman–Crippen LogP) is 6.80. The fourth-order valence-electron chi connectivity index (χ4n) is 6.06. The minimum absolute atomic E-state index is 0.0278. The number of nitrogens with one attached hydrogen (secondary N) is 1. The summed E-state index contributed by atoms with van der Waals surface area (Å²) >= 11 is 0. The summed E-state index contributed by atoms with van der Waals surface area (Å²) in [5.41, 5.74) is 5.29. The van der Waals surface area contributed by atoms with Gasteiger partial charge >= 0.3 is 5.97 Å². The average molecular weight is 482 g/mol. The number of ketones is 1. The van der Waals surface area contributed by atoms with Gasteiger partial charge in [0.05, 0.1) is 11.3 Å². The molecule has 0 saturated heterocycles. The van der Waals surface area contributed by atoms with Gasteiger partial charge in [-0.15, -0.1) is 0 Å². The Balaban J connectivity index is 1.52. The van der Waals surface area contributed by atoms with Crippen molar-refractivity contribution >= 4 is 23.5 Å². The Labute approximate surface area is 214 Å². The second kappa shape index (κ2) is 9.93. The number of allylic oxidation sites excluding steroid dienone is 3. The standard InChI is InChI=1S/C32H35NO3/c1-19(2)23-16-14-20(3)18-27(23)36-32(35)28-21(4)33-30-24-12-8-9-13-25(24)31(34)29(30)26(28)17-15-22-10-6-5-7-11-22/h5-13,15,17,19-20,23,26-27,33H,14,16,18H2,1-4H3/b17-15+. The topological polar surface area (TPSA) is 55.4 Å². The molecule has 1 fully saturated rings. The number of fused-ring (bicyclic) bond motifs is 2. The zero-order valence-corrected chi connectivity index (χ0v) is 21.6. The van der Waals surface area contributed by atoms with Crippen LogP contribution in [0.4, 0.5) is 0 Å². The van der Waals surface area contributed by atoms with E-state index in [9.17, 15) is 9.59 Å². The van der Waals surface area contributed by atoms with Crippen LogP contribution in [0.2, 0.25) is 0 Å². The number of Topliss-reactive ketones (excluding diaryl/α,β-unsaturated/α-hetero) is 1. The molecule has 2 aromatic carbocycles. The third kappa shape index (κ3) is 4.45. The molecule has 2 aromatic rings. The van der Waals surface area contributed by atoms with Gasteiger partial charge < -0.3 is 10.1 Å². The van der Waals surface area contributed by atoms with Gasteiger partial charge in [0.1, 0.15) is 6.10 Å². The van der Waals surface area contributed by atoms with E-state index in [0.717, 1.165) is 35.4 Å². The molecule has 3 aliphatic rings. The number of rotatable bonds is 5. The molecule has 1 heterocycles. The van der Waals surface area contributed by atoms with Gasteiger partial charge in [-0.1, -0.05) is 93.9 Å². The molecule has 1 saturated carbocycles. The number of carbonyl (C=O) groups is 2. The van der Waals surface area contributed by atoms with Crippen LogP contribution in [0.5, 0.6) is 0 Å². The van der Waals surface area contributed by atoms with Crippen molar-refractivity contribution in [2.24, 2.45) is 23.7 Å². The third-order valence-corrected chi connectivity index (χ3v) is 8.01. The number of benzene rings is 2. The molecule has 1 N–H and O–H groups in total. The smallest absolute Gasteiger partial charge is 0.337 e. The molecular weight excluding hydrogens is 446 g/mol. The summed E-state index contributed by atoms with van der Waals surface area (Å²) in [6.07, 6.45) is 7.01. The molecule has 36 heavy (non-hydrogen) atoms. The van der Waals surface area contributed by atoms with Crippen LogP contribution in [0.15, 0.2) is 77.5 Å². The molecule has 0 aromatic heterocycles. The van der Waals surface area contributed by atoms with Crippen molar-refractivity contribution in [2.75, 3.05) is 0 Å². The van der Waals surface area contributed by atoms with E-state index in [2.05, 4.69) is 26.1 Å². The van der Waals surface area contributed by atoms with Crippen LogP contribution in [0.3, 0.4) is 0 Å². The molecule has 4 unspecified atom stereocenters. The van der Waals surface area contributed by atoms with Crippen molar-refractivity contribution < 1.29 is 14.3 Å². The summed E-state index contributed by atoms with van der Waals surface area (Å²) in [4.78, 5) is 27.4. The lowest BCUT2D eigenvalue weighted by atomic mass is 9.75. The van der Waals surface area contributed by atoms with E-state index in [0.29, 0.717) is 34.5 Å². The lowest BCUT2D eigenvalue weighted by Gasteiger charge is -2.37. The van der Waals surface area contributed by atoms with Crippen LogP contribution >= 0.6 is 0 Å². The van der Waals surface area contributed by atoms with Gasteiger partial charge in [-0.3, -0.25) is 4.79 Å². The summed E-state index contributed by atoms with van der Waals surface area (Å²) in [6.45, 7) is 8.58. The van der Waals surface area contributed by atoms with Crippen LogP contribution in [-0.2, 0) is 9.53 Å². The Morgan fingerprint density at radius 1 is 1.03 bits per heavy atom. The monoisotopic (exact) mass is 481 g/mol. The molecule has 0 radical (unpaired) electrons. The summed E-state index contributed by atoms with van der Waals surface area (Å²) in [5.74, 6) is 0.512. The highest BCUT2D eigenvalue weighted by atomic mass is 16.5. The predicted molar refractivity (Wildman–Crippen MR) is 144 cm³/mol. The van der Waals surface area contributed by atoms with Gasteiger partial charge in [0.15, 0.2) is 5.78 Å². The number of carbonyl (C=O) groups excluding carboxylic acids is 2. The fraction of sp³-hybridized carbons (Fsp3) is 0.375. The molecule has 4 nitrogen and oxygen atoms in total. The highest BCUT2D eigenvalue weighted by molar-refractivity contribution is 6.22. The van der Waals surface area contributed by atoms with Gasteiger partial charge in [0.25, 0.3) is 0 Å². The van der Waals surface area contributed by atoms with Crippen LogP contribution in [0, 0.1) is 23.7 Å². The van der Waals surface area contributed by atoms with E-state index in [1.165, 1.54) is 6.42 Å². The van der Waals surface area contributed by atoms with Gasteiger partial charge in [-0.25, -0.2) is 4.79 Å². The molecule has 0 bridgehead atoms. The van der Waals surface area contributed by atoms with Gasteiger partial charge in [0.2, 0.25) is 0 Å². The zero-order valence-electron chi connectivity index (χ0n) is 21.6. The summed E-state index contributed by atoms with van der Waals surface area (Å²) in [7, 11) is 0. The number of dihydropyridines is 1. The summed E-state index contributed by atoms with van der Waals surface area (Å²) in [5, 5.41) is 3.41. The second-order valence-electron chi connectivity index (χ2n) is 10.8. The van der Waals surface area contributed by atoms with Crippen molar-refractivity contribution in [1.82, 2.24) is 5.32 Å². The van der Waals surface area contributed by atoms with Gasteiger partial charge in [0, 0.05) is 28.3 Å². The SMILES string of the molecule is CC1=C(C(=O)OC2CC(C)CCC2C(C)C)C(/C=C/c2ccccc2)C2=C(N1)c1ccccc1C2=O. The number of hydrogen-bond acceptors (Lipinski definition) is 4. The van der Waals surface area contributed by atoms with Crippen molar-refractivity contribution in [3.05, 3.63) is 94.2 Å². The number of hydrogen-bond donors (Lipinski definition) is 1. The van der Waals surface area contributed by atoms with E-state index < -0.39 is 5.92 Å². The maximum Gasteiger partial charge on any atom is 0.337 e. The zero-order chi connectivity index (χ0) is 25.4. The Hall–Kier alpha value is -3.40. The average Bonchev–Trinajstić information content (AvgIpc) is 3.14. The Morgan fingerprint density at radius 3 is 2.44 bits per heavy atom. The lowest BCUT2D eigenvalue weighted by Crippen LogP contribution is -2.38. The number of ether oxygens (including phenoxy) is 1. The Bertz CT molecular complexity index is 1270. The van der Waals surface area contributed by atoms with Crippen molar-refractivity contribution in [3.8, 4) is 0 Å². The molecule has 0 spiro atoms. The first-order chi connectivity index (χ1) is 17.3. The van der Waals surface area contributed by atoms with Gasteiger partial charge in [-0.2, -0.15) is 0 Å². The van der Waals surface area contributed by atoms with Crippen molar-refractivity contribution in [1.29, 1.82) is 0 Å². The lowest BCUT2D eigenvalue weighted by molar-refractivity contribution is -0.151. The first-order valence-electron chi connectivity index (χ1n) is 13.2. The first-order valence-corrected chi connectivity index (χ1v) is 13.2. The maximum absolute atomic E-state index is 13.9. The van der Waals surface area contributed by atoms with Gasteiger partial charge in [-0.05, 0) is 43.1 Å². The van der Waals surface area contributed by atoms with Crippen LogP contribution in [-0.4, -0.2) is 17.9 Å². The Kier molecular flexibility index (Phi) is 6.70. The molecule has 0 amide bonds. The van der Waals surface area contributed by atoms with Crippen LogP contribution in [0.1, 0.15) is 68.4 Å². The largest absolute Gasteiger partial charge is 0.459 e. The van der Waals surface area contributed by atoms with E-state index >= 15 is 0 Å². The van der Waals surface area contributed by atoms with Crippen LogP contribution in [0.25, 0.3) is 11.8 Å². The molecule has 5 rings (SSSR count). The van der Waals surface area contributed by atoms with Crippen molar-refractivity contribution in [2.45, 2.75) is 53.1 Å². The summed E-state index contributed by atoms with van der Waals surface area (Å²) < 4.78 is 6.28. The normalized spacial score (nSPS) is 25.8. The molecular formula is C32H35NO3. The second-order valence-corrected chi connectivity index (χ2v) is 10.8. The molecule has 4 heteroatoms. The highest BCUT2D eigenvalue weighted by Crippen LogP contribution is 2.44. The molecule has 1 aliphatic heterocycles. The maximum atomic E-state index is 13.9. The van der Waals surface area contributed by atoms with Crippen LogP contribution < -0.4 is 5.32 Å². The number of esters is 1. The minimum Gasteiger partial charge on any atom is -0.459 e. The fourth-order valence-corrected chi connectivity index (χ4v) is 6.06. The molecule has 186 valence electrons. The minimum atomic E-state index is -0.479. The third-order valence-electron chi connectivity index (χ3n) is 8.01. The Morgan fingerprint density at radius 2 is 1.72 bits per heavy atom. The van der Waals surface area contributed by atoms with E-state index in [1.54, 1.807) is 0 Å². The molecule has 2 aliphatic carbocycles. The summed E-state index contributed by atoms with van der Waals surface area (Å²) in [6, 6.07) is 17.6. The highest BCUT2D eigenvalue weighted by Gasteiger charge is 2.42. The van der Waals surface area contributed by atoms with E-state index in [1.807, 2.05) is 73.7 Å². The first kappa shape index (κ1) is 24.3.